The maximum atomic E-state index is 5.96. The van der Waals surface area contributed by atoms with E-state index in [1.165, 1.54) is 25.7 Å². The van der Waals surface area contributed by atoms with E-state index < -0.39 is 0 Å². The summed E-state index contributed by atoms with van der Waals surface area (Å²) in [4.78, 5) is 8.48. The summed E-state index contributed by atoms with van der Waals surface area (Å²) in [5.41, 5.74) is 7.04. The van der Waals surface area contributed by atoms with Gasteiger partial charge in [-0.3, -0.25) is 0 Å². The first-order valence-electron chi connectivity index (χ1n) is 7.13. The van der Waals surface area contributed by atoms with Gasteiger partial charge in [0.15, 0.2) is 0 Å². The normalized spacial score (nSPS) is 23.3. The molecule has 0 atom stereocenters. The van der Waals surface area contributed by atoms with Crippen molar-refractivity contribution in [2.24, 2.45) is 0 Å². The van der Waals surface area contributed by atoms with Crippen LogP contribution in [0.5, 0.6) is 0 Å². The molecule has 0 aliphatic heterocycles. The van der Waals surface area contributed by atoms with Crippen LogP contribution in [0.25, 0.3) is 0 Å². The van der Waals surface area contributed by atoms with Crippen LogP contribution in [-0.2, 0) is 6.42 Å². The molecule has 1 heterocycles. The van der Waals surface area contributed by atoms with Crippen LogP contribution in [0, 0.1) is 0 Å². The molecule has 1 aliphatic rings. The second-order valence-electron chi connectivity index (χ2n) is 5.19. The monoisotopic (exact) mass is 280 g/mol. The molecule has 1 saturated carbocycles. The maximum Gasteiger partial charge on any atom is 0.134 e. The molecular formula is C14H24N4S. The van der Waals surface area contributed by atoms with Crippen LogP contribution in [0.4, 0.5) is 11.6 Å². The van der Waals surface area contributed by atoms with Crippen LogP contribution in [0.2, 0.25) is 0 Å². The predicted octanol–water partition coefficient (Wildman–Crippen LogP) is 3.10. The highest BCUT2D eigenvalue weighted by Gasteiger charge is 2.21. The molecule has 1 fully saturated rings. The number of nitrogens with one attached hydrogen (secondary N) is 1. The van der Waals surface area contributed by atoms with Crippen molar-refractivity contribution in [2.45, 2.75) is 56.7 Å². The zero-order valence-corrected chi connectivity index (χ0v) is 12.7. The van der Waals surface area contributed by atoms with Gasteiger partial charge in [-0.15, -0.1) is 0 Å². The van der Waals surface area contributed by atoms with E-state index in [2.05, 4.69) is 28.5 Å². The number of aromatic nitrogens is 2. The number of anilines is 2. The molecule has 2 rings (SSSR count). The Bertz CT molecular complexity index is 402. The van der Waals surface area contributed by atoms with Crippen molar-refractivity contribution in [3.63, 3.8) is 0 Å². The fraction of sp³-hybridized carbons (Fsp3) is 0.714. The van der Waals surface area contributed by atoms with Crippen molar-refractivity contribution < 1.29 is 0 Å². The van der Waals surface area contributed by atoms with Gasteiger partial charge in [0, 0.05) is 16.9 Å². The summed E-state index contributed by atoms with van der Waals surface area (Å²) in [6.45, 7) is 2.15. The fourth-order valence-electron chi connectivity index (χ4n) is 2.68. The maximum absolute atomic E-state index is 5.96. The minimum Gasteiger partial charge on any atom is -0.383 e. The van der Waals surface area contributed by atoms with Gasteiger partial charge in [-0.2, -0.15) is 11.8 Å². The van der Waals surface area contributed by atoms with Crippen molar-refractivity contribution in [2.75, 3.05) is 17.3 Å². The summed E-state index contributed by atoms with van der Waals surface area (Å²) in [7, 11) is 0. The first-order chi connectivity index (χ1) is 9.24. The van der Waals surface area contributed by atoms with Crippen LogP contribution in [-0.4, -0.2) is 27.5 Å². The van der Waals surface area contributed by atoms with Gasteiger partial charge in [0.05, 0.1) is 0 Å². The van der Waals surface area contributed by atoms with Crippen molar-refractivity contribution in [1.82, 2.24) is 9.97 Å². The average Bonchev–Trinajstić information content (AvgIpc) is 2.43. The van der Waals surface area contributed by atoms with Crippen molar-refractivity contribution in [3.05, 3.63) is 11.9 Å². The Balaban J connectivity index is 2.01. The van der Waals surface area contributed by atoms with Crippen LogP contribution < -0.4 is 11.1 Å². The quantitative estimate of drug-likeness (QED) is 0.867. The zero-order chi connectivity index (χ0) is 13.7. The Morgan fingerprint density at radius 2 is 2.05 bits per heavy atom. The summed E-state index contributed by atoms with van der Waals surface area (Å²) in [5, 5.41) is 4.42. The molecule has 0 unspecified atom stereocenters. The molecule has 1 aliphatic carbocycles. The number of nitrogens with zero attached hydrogens (tertiary/aromatic N) is 2. The molecule has 0 spiro atoms. The molecule has 0 aromatic carbocycles. The van der Waals surface area contributed by atoms with E-state index in [1.807, 2.05) is 11.8 Å². The van der Waals surface area contributed by atoms with Crippen molar-refractivity contribution in [3.8, 4) is 0 Å². The molecule has 0 bridgehead atoms. The van der Waals surface area contributed by atoms with Gasteiger partial charge in [0.25, 0.3) is 0 Å². The van der Waals surface area contributed by atoms with Crippen molar-refractivity contribution in [1.29, 1.82) is 0 Å². The van der Waals surface area contributed by atoms with Crippen LogP contribution in [0.3, 0.4) is 0 Å². The van der Waals surface area contributed by atoms with Gasteiger partial charge < -0.3 is 11.1 Å². The molecule has 1 aromatic heterocycles. The number of hydrogen-bond donors (Lipinski definition) is 2. The number of rotatable bonds is 5. The highest BCUT2D eigenvalue weighted by molar-refractivity contribution is 7.99. The van der Waals surface area contributed by atoms with Gasteiger partial charge >= 0.3 is 0 Å². The number of thioether (sulfide) groups is 1. The number of hydrogen-bond acceptors (Lipinski definition) is 5. The van der Waals surface area contributed by atoms with E-state index in [9.17, 15) is 0 Å². The summed E-state index contributed by atoms with van der Waals surface area (Å²) in [6, 6.07) is 0.535. The second kappa shape index (κ2) is 6.98. The molecule has 0 saturated heterocycles. The first-order valence-corrected chi connectivity index (χ1v) is 8.42. The topological polar surface area (TPSA) is 63.8 Å². The molecular weight excluding hydrogens is 256 g/mol. The highest BCUT2D eigenvalue weighted by Crippen LogP contribution is 2.29. The van der Waals surface area contributed by atoms with Crippen LogP contribution in [0.1, 0.15) is 44.6 Å². The van der Waals surface area contributed by atoms with E-state index >= 15 is 0 Å². The molecule has 5 heteroatoms. The van der Waals surface area contributed by atoms with Gasteiger partial charge in [0.2, 0.25) is 0 Å². The molecule has 0 amide bonds. The van der Waals surface area contributed by atoms with Gasteiger partial charge in [-0.1, -0.05) is 13.3 Å². The molecule has 4 nitrogen and oxygen atoms in total. The summed E-state index contributed by atoms with van der Waals surface area (Å²) in [6.07, 6.45) is 10.8. The Morgan fingerprint density at radius 1 is 1.32 bits per heavy atom. The van der Waals surface area contributed by atoms with E-state index in [0.29, 0.717) is 11.9 Å². The minimum atomic E-state index is 0.535. The summed E-state index contributed by atoms with van der Waals surface area (Å²) >= 11 is 1.99. The molecule has 0 radical (unpaired) electrons. The average molecular weight is 280 g/mol. The molecule has 19 heavy (non-hydrogen) atoms. The van der Waals surface area contributed by atoms with Crippen LogP contribution >= 0.6 is 11.8 Å². The lowest BCUT2D eigenvalue weighted by Crippen LogP contribution is -2.28. The summed E-state index contributed by atoms with van der Waals surface area (Å²) < 4.78 is 0. The van der Waals surface area contributed by atoms with E-state index in [1.54, 1.807) is 6.33 Å². The van der Waals surface area contributed by atoms with E-state index in [0.717, 1.165) is 29.5 Å². The third kappa shape index (κ3) is 3.75. The Labute approximate surface area is 120 Å². The standard InChI is InChI=1S/C14H24N4S/c1-3-4-12-13(15)16-9-17-14(12)18-10-5-7-11(19-2)8-6-10/h9-11H,3-8H2,1-2H3,(H3,15,16,17,18). The van der Waals surface area contributed by atoms with E-state index in [4.69, 9.17) is 5.73 Å². The Morgan fingerprint density at radius 3 is 2.68 bits per heavy atom. The predicted molar refractivity (Wildman–Crippen MR) is 83.6 cm³/mol. The molecule has 3 N–H and O–H groups in total. The second-order valence-corrected chi connectivity index (χ2v) is 6.33. The first kappa shape index (κ1) is 14.4. The lowest BCUT2D eigenvalue weighted by molar-refractivity contribution is 0.472. The van der Waals surface area contributed by atoms with Gasteiger partial charge in [0.1, 0.15) is 18.0 Å². The Kier molecular flexibility index (Phi) is 5.31. The van der Waals surface area contributed by atoms with Crippen LogP contribution in [0.15, 0.2) is 6.33 Å². The highest BCUT2D eigenvalue weighted by atomic mass is 32.2. The smallest absolute Gasteiger partial charge is 0.134 e. The number of nitrogen functional groups attached to an aromatic ring is 1. The Hall–Kier alpha value is -0.970. The zero-order valence-electron chi connectivity index (χ0n) is 11.9. The van der Waals surface area contributed by atoms with E-state index in [-0.39, 0.29) is 0 Å². The fourth-order valence-corrected chi connectivity index (χ4v) is 3.43. The molecule has 1 aromatic rings. The van der Waals surface area contributed by atoms with Crippen molar-refractivity contribution >= 4 is 23.4 Å². The lowest BCUT2D eigenvalue weighted by Gasteiger charge is -2.29. The third-order valence-corrected chi connectivity index (χ3v) is 4.97. The largest absolute Gasteiger partial charge is 0.383 e. The third-order valence-electron chi connectivity index (χ3n) is 3.83. The lowest BCUT2D eigenvalue weighted by atomic mass is 9.95. The minimum absolute atomic E-state index is 0.535. The molecule has 106 valence electrons. The van der Waals surface area contributed by atoms with Gasteiger partial charge in [-0.05, 0) is 38.4 Å². The number of nitrogens with two attached hydrogens (primary N) is 1. The van der Waals surface area contributed by atoms with Gasteiger partial charge in [-0.25, -0.2) is 9.97 Å². The SMILES string of the molecule is CCCc1c(N)ncnc1NC1CCC(SC)CC1. The summed E-state index contributed by atoms with van der Waals surface area (Å²) in [5.74, 6) is 1.57.